The van der Waals surface area contributed by atoms with E-state index >= 15 is 0 Å². The zero-order chi connectivity index (χ0) is 23.4. The fraction of sp³-hybridized carbons (Fsp3) is 0.458. The molecular formula is C24H30N2O6S. The van der Waals surface area contributed by atoms with Crippen molar-refractivity contribution in [3.63, 3.8) is 0 Å². The van der Waals surface area contributed by atoms with Crippen LogP contribution in [-0.4, -0.2) is 75.6 Å². The first-order chi connectivity index (χ1) is 15.9. The molecule has 8 nitrogen and oxygen atoms in total. The van der Waals surface area contributed by atoms with Gasteiger partial charge in [-0.25, -0.2) is 8.42 Å². The molecule has 9 heteroatoms. The van der Waals surface area contributed by atoms with Gasteiger partial charge in [-0.3, -0.25) is 4.79 Å². The Kier molecular flexibility index (Phi) is 7.21. The normalized spacial score (nSPS) is 18.7. The fourth-order valence-electron chi connectivity index (χ4n) is 4.08. The number of hydrogen-bond donors (Lipinski definition) is 0. The first-order valence-electron chi connectivity index (χ1n) is 11.3. The Morgan fingerprint density at radius 2 is 1.82 bits per heavy atom. The number of aryl methyl sites for hydroxylation is 1. The van der Waals surface area contributed by atoms with Gasteiger partial charge in [0.2, 0.25) is 10.0 Å². The van der Waals surface area contributed by atoms with Crippen LogP contribution in [0.4, 0.5) is 0 Å². The summed E-state index contributed by atoms with van der Waals surface area (Å²) in [7, 11) is -3.72. The van der Waals surface area contributed by atoms with E-state index in [1.54, 1.807) is 17.0 Å². The van der Waals surface area contributed by atoms with Crippen molar-refractivity contribution in [1.82, 2.24) is 9.21 Å². The summed E-state index contributed by atoms with van der Waals surface area (Å²) in [5.74, 6) is 1.11. The lowest BCUT2D eigenvalue weighted by atomic mass is 10.1. The number of hydrogen-bond acceptors (Lipinski definition) is 6. The van der Waals surface area contributed by atoms with E-state index in [9.17, 15) is 13.2 Å². The number of amides is 1. The summed E-state index contributed by atoms with van der Waals surface area (Å²) in [4.78, 5) is 15.2. The summed E-state index contributed by atoms with van der Waals surface area (Å²) in [5.41, 5.74) is 1.04. The second kappa shape index (κ2) is 10.1. The Bertz CT molecular complexity index is 1100. The van der Waals surface area contributed by atoms with Crippen molar-refractivity contribution >= 4 is 15.9 Å². The van der Waals surface area contributed by atoms with Gasteiger partial charge in [-0.1, -0.05) is 25.1 Å². The summed E-state index contributed by atoms with van der Waals surface area (Å²) in [6, 6.07) is 12.4. The van der Waals surface area contributed by atoms with Crippen LogP contribution in [0.25, 0.3) is 0 Å². The second-order valence-electron chi connectivity index (χ2n) is 8.03. The maximum Gasteiger partial charge on any atom is 0.254 e. The molecule has 2 aliphatic rings. The summed E-state index contributed by atoms with van der Waals surface area (Å²) in [6.07, 6.45) is 0.243. The third kappa shape index (κ3) is 5.00. The molecule has 2 heterocycles. The number of para-hydroxylation sites is 2. The van der Waals surface area contributed by atoms with Crippen LogP contribution in [0.15, 0.2) is 47.4 Å². The predicted octanol–water partition coefficient (Wildman–Crippen LogP) is 2.57. The highest BCUT2D eigenvalue weighted by molar-refractivity contribution is 7.89. The van der Waals surface area contributed by atoms with Crippen LogP contribution >= 0.6 is 0 Å². The molecule has 2 aromatic carbocycles. The summed E-state index contributed by atoms with van der Waals surface area (Å²) in [5, 5.41) is 0. The molecule has 178 valence electrons. The topological polar surface area (TPSA) is 85.4 Å². The average molecular weight is 475 g/mol. The van der Waals surface area contributed by atoms with E-state index in [-0.39, 0.29) is 16.9 Å². The van der Waals surface area contributed by atoms with E-state index in [1.807, 2.05) is 38.1 Å². The van der Waals surface area contributed by atoms with Gasteiger partial charge in [-0.15, -0.1) is 0 Å². The summed E-state index contributed by atoms with van der Waals surface area (Å²) < 4.78 is 45.2. The number of carbonyl (C=O) groups excluding carboxylic acids is 1. The van der Waals surface area contributed by atoms with Gasteiger partial charge in [-0.2, -0.15) is 4.31 Å². The molecule has 1 atom stereocenters. The van der Waals surface area contributed by atoms with Gasteiger partial charge < -0.3 is 19.1 Å². The number of carbonyl (C=O) groups is 1. The number of likely N-dealkylation sites (N-methyl/N-ethyl adjacent to an activating group) is 1. The summed E-state index contributed by atoms with van der Waals surface area (Å²) >= 11 is 0. The third-order valence-corrected chi connectivity index (χ3v) is 7.92. The van der Waals surface area contributed by atoms with Crippen molar-refractivity contribution in [3.05, 3.63) is 53.6 Å². The Balaban J connectivity index is 1.55. The van der Waals surface area contributed by atoms with Crippen molar-refractivity contribution in [3.8, 4) is 11.5 Å². The van der Waals surface area contributed by atoms with Gasteiger partial charge >= 0.3 is 0 Å². The van der Waals surface area contributed by atoms with Crippen LogP contribution in [-0.2, 0) is 21.2 Å². The third-order valence-electron chi connectivity index (χ3n) is 5.94. The molecule has 33 heavy (non-hydrogen) atoms. The van der Waals surface area contributed by atoms with Gasteiger partial charge in [-0.05, 0) is 43.2 Å². The number of benzene rings is 2. The van der Waals surface area contributed by atoms with Gasteiger partial charge in [0.15, 0.2) is 17.6 Å². The molecule has 2 aliphatic heterocycles. The smallest absolute Gasteiger partial charge is 0.254 e. The van der Waals surface area contributed by atoms with Crippen molar-refractivity contribution in [2.45, 2.75) is 31.3 Å². The lowest BCUT2D eigenvalue weighted by Gasteiger charge is -2.31. The van der Waals surface area contributed by atoms with E-state index in [1.165, 1.54) is 10.4 Å². The monoisotopic (exact) mass is 474 g/mol. The van der Waals surface area contributed by atoms with Gasteiger partial charge in [0.1, 0.15) is 6.61 Å². The molecule has 1 amide bonds. The predicted molar refractivity (Wildman–Crippen MR) is 123 cm³/mol. The van der Waals surface area contributed by atoms with E-state index < -0.39 is 10.0 Å². The van der Waals surface area contributed by atoms with Crippen molar-refractivity contribution in [2.75, 3.05) is 46.0 Å². The van der Waals surface area contributed by atoms with Gasteiger partial charge in [0, 0.05) is 25.2 Å². The number of rotatable bonds is 7. The highest BCUT2D eigenvalue weighted by Gasteiger charge is 2.30. The largest absolute Gasteiger partial charge is 0.486 e. The van der Waals surface area contributed by atoms with Crippen LogP contribution < -0.4 is 9.47 Å². The Morgan fingerprint density at radius 3 is 2.52 bits per heavy atom. The number of morpholine rings is 1. The molecule has 0 bridgehead atoms. The number of fused-ring (bicyclic) bond motifs is 1. The van der Waals surface area contributed by atoms with Crippen LogP contribution in [0.3, 0.4) is 0 Å². The molecule has 0 aliphatic carbocycles. The molecule has 4 rings (SSSR count). The van der Waals surface area contributed by atoms with Gasteiger partial charge in [0.05, 0.1) is 24.7 Å². The minimum atomic E-state index is -3.72. The zero-order valence-corrected chi connectivity index (χ0v) is 19.8. The summed E-state index contributed by atoms with van der Waals surface area (Å²) in [6.45, 7) is 6.30. The minimum Gasteiger partial charge on any atom is -0.486 e. The van der Waals surface area contributed by atoms with Crippen LogP contribution in [0, 0.1) is 0 Å². The molecule has 1 saturated heterocycles. The zero-order valence-electron chi connectivity index (χ0n) is 19.0. The van der Waals surface area contributed by atoms with Crippen molar-refractivity contribution in [2.24, 2.45) is 0 Å². The molecule has 0 N–H and O–H groups in total. The van der Waals surface area contributed by atoms with E-state index in [2.05, 4.69) is 0 Å². The number of sulfonamides is 1. The number of ether oxygens (including phenoxy) is 3. The minimum absolute atomic E-state index is 0.194. The van der Waals surface area contributed by atoms with Crippen LogP contribution in [0.5, 0.6) is 11.5 Å². The maximum atomic E-state index is 13.4. The van der Waals surface area contributed by atoms with Crippen LogP contribution in [0.1, 0.15) is 29.8 Å². The molecule has 0 radical (unpaired) electrons. The molecule has 1 fully saturated rings. The van der Waals surface area contributed by atoms with Crippen molar-refractivity contribution < 1.29 is 27.4 Å². The van der Waals surface area contributed by atoms with Crippen LogP contribution in [0.2, 0.25) is 0 Å². The molecule has 0 saturated carbocycles. The molecule has 0 aromatic heterocycles. The standard InChI is InChI=1S/C24H30N2O6S/c1-3-18-9-10-19(15-23(18)33(28,29)26-11-13-30-14-12-26)24(27)25(4-2)16-20-17-31-21-7-5-6-8-22(21)32-20/h5-10,15,20H,3-4,11-14,16-17H2,1-2H3. The highest BCUT2D eigenvalue weighted by Crippen LogP contribution is 2.31. The van der Waals surface area contributed by atoms with E-state index in [0.717, 1.165) is 0 Å². The second-order valence-corrected chi connectivity index (χ2v) is 9.94. The molecule has 0 spiro atoms. The first kappa shape index (κ1) is 23.5. The quantitative estimate of drug-likeness (QED) is 0.613. The first-order valence-corrected chi connectivity index (χ1v) is 12.8. The Hall–Kier alpha value is -2.62. The fourth-order valence-corrected chi connectivity index (χ4v) is 5.81. The van der Waals surface area contributed by atoms with E-state index in [4.69, 9.17) is 14.2 Å². The Morgan fingerprint density at radius 1 is 1.09 bits per heavy atom. The van der Waals surface area contributed by atoms with Gasteiger partial charge in [0.25, 0.3) is 5.91 Å². The SMILES string of the molecule is CCc1ccc(C(=O)N(CC)CC2COc3ccccc3O2)cc1S(=O)(=O)N1CCOCC1. The lowest BCUT2D eigenvalue weighted by molar-refractivity contribution is 0.0474. The molecular weight excluding hydrogens is 444 g/mol. The highest BCUT2D eigenvalue weighted by atomic mass is 32.2. The molecule has 1 unspecified atom stereocenters. The number of nitrogens with zero attached hydrogens (tertiary/aromatic N) is 2. The average Bonchev–Trinajstić information content (AvgIpc) is 2.86. The molecule has 2 aromatic rings. The van der Waals surface area contributed by atoms with E-state index in [0.29, 0.717) is 75.0 Å². The maximum absolute atomic E-state index is 13.4. The van der Waals surface area contributed by atoms with Crippen molar-refractivity contribution in [1.29, 1.82) is 0 Å². The Labute approximate surface area is 195 Å². The lowest BCUT2D eigenvalue weighted by Crippen LogP contribution is -2.43.